The summed E-state index contributed by atoms with van der Waals surface area (Å²) in [5.41, 5.74) is 22.3. The van der Waals surface area contributed by atoms with Crippen LogP contribution in [0, 0.1) is 0 Å². The Morgan fingerprint density at radius 1 is 0.433 bits per heavy atom. The van der Waals surface area contributed by atoms with Gasteiger partial charge in [-0.05, 0) is 170 Å². The Kier molecular flexibility index (Phi) is 11.5. The summed E-state index contributed by atoms with van der Waals surface area (Å²) in [4.78, 5) is 10.5. The first-order valence-corrected chi connectivity index (χ1v) is 26.0. The van der Waals surface area contributed by atoms with Gasteiger partial charge in [0.2, 0.25) is 0 Å². The summed E-state index contributed by atoms with van der Waals surface area (Å²) in [5, 5.41) is 0. The van der Waals surface area contributed by atoms with Crippen LogP contribution in [0.25, 0.3) is 11.3 Å². The number of nitrogens with zero attached hydrogens (tertiary/aromatic N) is 3. The van der Waals surface area contributed by atoms with Crippen LogP contribution in [-0.2, 0) is 21.7 Å². The molecule has 4 aliphatic rings. The highest BCUT2D eigenvalue weighted by Gasteiger charge is 2.45. The second kappa shape index (κ2) is 16.9. The number of benzene rings is 5. The minimum absolute atomic E-state index is 0.0368. The molecule has 5 aromatic carbocycles. The highest BCUT2D eigenvalue weighted by Crippen LogP contribution is 2.50. The molecule has 0 atom stereocenters. The zero-order valence-electron chi connectivity index (χ0n) is 43.0. The van der Waals surface area contributed by atoms with Crippen LogP contribution in [0.4, 0.5) is 34.1 Å². The molecule has 0 N–H and O–H groups in total. The maximum Gasteiger partial charge on any atom is 0.252 e. The highest BCUT2D eigenvalue weighted by molar-refractivity contribution is 7.00. The lowest BCUT2D eigenvalue weighted by atomic mass is 9.33. The van der Waals surface area contributed by atoms with Crippen molar-refractivity contribution in [2.24, 2.45) is 0 Å². The molecule has 2 aliphatic carbocycles. The number of hydrogen-bond donors (Lipinski definition) is 0. The number of rotatable bonds is 5. The van der Waals surface area contributed by atoms with E-state index >= 15 is 0 Å². The van der Waals surface area contributed by atoms with Gasteiger partial charge in [-0.2, -0.15) is 0 Å². The third-order valence-corrected chi connectivity index (χ3v) is 16.0. The minimum Gasteiger partial charge on any atom is -0.311 e. The molecule has 346 valence electrons. The fraction of sp³-hybridized carbons (Fsp3) is 0.444. The van der Waals surface area contributed by atoms with Crippen molar-refractivity contribution < 1.29 is 0 Å². The van der Waals surface area contributed by atoms with Crippen LogP contribution in [0.5, 0.6) is 0 Å². The van der Waals surface area contributed by atoms with Crippen molar-refractivity contribution in [3.8, 4) is 11.3 Å². The second-order valence-electron chi connectivity index (χ2n) is 25.1. The fourth-order valence-electron chi connectivity index (χ4n) is 11.9. The van der Waals surface area contributed by atoms with Crippen LogP contribution in [0.3, 0.4) is 0 Å². The molecule has 67 heavy (non-hydrogen) atoms. The SMILES string of the molecule is CC(C)(C)c1cc(N2c3cc(C4CCCCC4)ccc3B3c4ccc(C5CCCCC5)cc4N(c4cc(C(C)(C)C)cc(C(C)(C)C)c4)c4cc(-c5ccccn5)cc2c43)cc(C(C)(C)C)c1. The number of hydrogen-bond acceptors (Lipinski definition) is 3. The average molecular weight is 886 g/mol. The van der Waals surface area contributed by atoms with Gasteiger partial charge in [-0.15, -0.1) is 0 Å². The van der Waals surface area contributed by atoms with Gasteiger partial charge in [0.25, 0.3) is 6.71 Å². The molecule has 0 spiro atoms. The number of fused-ring (bicyclic) bond motifs is 4. The Balaban J connectivity index is 1.34. The van der Waals surface area contributed by atoms with E-state index in [2.05, 4.69) is 190 Å². The Labute approximate surface area is 404 Å². The van der Waals surface area contributed by atoms with Crippen molar-refractivity contribution in [3.05, 3.63) is 143 Å². The zero-order valence-corrected chi connectivity index (χ0v) is 43.0. The van der Waals surface area contributed by atoms with Crippen molar-refractivity contribution in [2.75, 3.05) is 9.80 Å². The van der Waals surface area contributed by atoms with E-state index in [9.17, 15) is 0 Å². The summed E-state index contributed by atoms with van der Waals surface area (Å²) in [6.45, 7) is 28.5. The molecular formula is C63H76BN3. The molecule has 0 unspecified atom stereocenters. The number of anilines is 6. The van der Waals surface area contributed by atoms with Gasteiger partial charge in [-0.3, -0.25) is 4.98 Å². The zero-order chi connectivity index (χ0) is 47.2. The van der Waals surface area contributed by atoms with Gasteiger partial charge in [0.05, 0.1) is 5.69 Å². The number of aromatic nitrogens is 1. The maximum atomic E-state index is 5.09. The predicted octanol–water partition coefficient (Wildman–Crippen LogP) is 16.1. The maximum absolute atomic E-state index is 5.09. The third kappa shape index (κ3) is 8.59. The van der Waals surface area contributed by atoms with Crippen LogP contribution in [0.2, 0.25) is 0 Å². The lowest BCUT2D eigenvalue weighted by Gasteiger charge is -2.45. The topological polar surface area (TPSA) is 19.4 Å². The van der Waals surface area contributed by atoms with Crippen LogP contribution >= 0.6 is 0 Å². The molecule has 0 radical (unpaired) electrons. The highest BCUT2D eigenvalue weighted by atomic mass is 15.2. The first-order chi connectivity index (χ1) is 31.7. The van der Waals surface area contributed by atoms with E-state index in [1.165, 1.54) is 148 Å². The van der Waals surface area contributed by atoms with Crippen molar-refractivity contribution in [1.82, 2.24) is 4.98 Å². The monoisotopic (exact) mass is 886 g/mol. The summed E-state index contributed by atoms with van der Waals surface area (Å²) in [7, 11) is 0. The Hall–Kier alpha value is -5.09. The van der Waals surface area contributed by atoms with Crippen LogP contribution in [-0.4, -0.2) is 11.7 Å². The van der Waals surface area contributed by atoms with Gasteiger partial charge in [0.15, 0.2) is 0 Å². The molecule has 2 aliphatic heterocycles. The standard InChI is InChI=1S/C63H76BN3/c1-60(2,3)46-35-47(61(4,5)6)38-50(37-46)66-55-31-43(41-21-15-13-16-22-41)26-28-52(55)64-53-29-27-44(42-23-17-14-18-24-42)32-56(53)67(51-39-48(62(7,8)9)36-49(40-51)63(10,11)12)58-34-45(33-57(66)59(58)64)54-25-19-20-30-65-54/h19-20,25-42H,13-18,21-24H2,1-12H3. The van der Waals surface area contributed by atoms with E-state index in [-0.39, 0.29) is 28.4 Å². The molecule has 6 aromatic rings. The molecule has 2 fully saturated rings. The normalized spacial score (nSPS) is 17.0. The molecule has 3 nitrogen and oxygen atoms in total. The third-order valence-electron chi connectivity index (χ3n) is 16.0. The molecule has 3 heterocycles. The fourth-order valence-corrected chi connectivity index (χ4v) is 11.9. The molecule has 0 saturated heterocycles. The van der Waals surface area contributed by atoms with Crippen molar-refractivity contribution in [3.63, 3.8) is 0 Å². The van der Waals surface area contributed by atoms with Gasteiger partial charge in [-0.1, -0.05) is 164 Å². The van der Waals surface area contributed by atoms with E-state index in [0.717, 1.165) is 11.3 Å². The summed E-state index contributed by atoms with van der Waals surface area (Å²) in [6, 6.07) is 41.8. The summed E-state index contributed by atoms with van der Waals surface area (Å²) in [5.74, 6) is 1.17. The second-order valence-corrected chi connectivity index (χ2v) is 25.1. The van der Waals surface area contributed by atoms with Gasteiger partial charge >= 0.3 is 0 Å². The van der Waals surface area contributed by atoms with Crippen molar-refractivity contribution in [1.29, 1.82) is 0 Å². The Morgan fingerprint density at radius 3 is 1.19 bits per heavy atom. The van der Waals surface area contributed by atoms with Gasteiger partial charge in [0.1, 0.15) is 0 Å². The summed E-state index contributed by atoms with van der Waals surface area (Å²) in [6.07, 6.45) is 15.0. The first-order valence-electron chi connectivity index (χ1n) is 26.0. The largest absolute Gasteiger partial charge is 0.311 e. The van der Waals surface area contributed by atoms with Crippen LogP contribution in [0.15, 0.2) is 109 Å². The lowest BCUT2D eigenvalue weighted by molar-refractivity contribution is 0.444. The van der Waals surface area contributed by atoms with Crippen molar-refractivity contribution >= 4 is 57.2 Å². The van der Waals surface area contributed by atoms with E-state index in [4.69, 9.17) is 4.98 Å². The van der Waals surface area contributed by atoms with E-state index < -0.39 is 0 Å². The lowest BCUT2D eigenvalue weighted by Crippen LogP contribution is -2.61. The minimum atomic E-state index is -0.0368. The molecule has 4 heteroatoms. The molecule has 1 aromatic heterocycles. The molecule has 0 bridgehead atoms. The summed E-state index contributed by atoms with van der Waals surface area (Å²) < 4.78 is 0. The predicted molar refractivity (Wildman–Crippen MR) is 290 cm³/mol. The van der Waals surface area contributed by atoms with Gasteiger partial charge in [0, 0.05) is 45.9 Å². The quantitative estimate of drug-likeness (QED) is 0.161. The van der Waals surface area contributed by atoms with Crippen LogP contribution in [0.1, 0.15) is 193 Å². The Bertz CT molecular complexity index is 2580. The smallest absolute Gasteiger partial charge is 0.252 e. The molecule has 2 saturated carbocycles. The van der Waals surface area contributed by atoms with Crippen molar-refractivity contribution in [2.45, 2.75) is 181 Å². The Morgan fingerprint density at radius 2 is 0.836 bits per heavy atom. The molecular weight excluding hydrogens is 810 g/mol. The summed E-state index contributed by atoms with van der Waals surface area (Å²) >= 11 is 0. The number of pyridine rings is 1. The van der Waals surface area contributed by atoms with E-state index in [1.54, 1.807) is 0 Å². The van der Waals surface area contributed by atoms with Crippen LogP contribution < -0.4 is 26.2 Å². The van der Waals surface area contributed by atoms with Gasteiger partial charge < -0.3 is 9.80 Å². The van der Waals surface area contributed by atoms with E-state index in [0.29, 0.717) is 11.8 Å². The molecule has 0 amide bonds. The average Bonchev–Trinajstić information content (AvgIpc) is 3.30. The van der Waals surface area contributed by atoms with Gasteiger partial charge in [-0.25, -0.2) is 0 Å². The first kappa shape index (κ1) is 45.7. The molecule has 10 rings (SSSR count). The van der Waals surface area contributed by atoms with E-state index in [1.807, 2.05) is 12.3 Å².